The van der Waals surface area contributed by atoms with Crippen LogP contribution in [0.5, 0.6) is 0 Å². The number of fused-ring (bicyclic) bond motifs is 1. The topological polar surface area (TPSA) is 24.3 Å². The first-order valence-corrected chi connectivity index (χ1v) is 7.89. The molecular formula is C18H19FN4. The molecule has 0 amide bonds. The standard InChI is InChI=1S/C18H19FN4/c1-21-17-5-3-2-4-16(17)20-18(21)23-12-10-22(11-13-23)15-8-6-14(19)7-9-15/h2-9H,10-13H2,1H3. The highest BCUT2D eigenvalue weighted by atomic mass is 19.1. The molecular weight excluding hydrogens is 291 g/mol. The molecule has 1 aliphatic rings. The fraction of sp³-hybridized carbons (Fsp3) is 0.278. The summed E-state index contributed by atoms with van der Waals surface area (Å²) in [7, 11) is 2.07. The van der Waals surface area contributed by atoms with Crippen molar-refractivity contribution in [3.8, 4) is 0 Å². The third kappa shape index (κ3) is 2.52. The molecule has 0 N–H and O–H groups in total. The second kappa shape index (κ2) is 5.57. The normalized spacial score (nSPS) is 15.4. The number of hydrogen-bond donors (Lipinski definition) is 0. The van der Waals surface area contributed by atoms with Gasteiger partial charge in [0.05, 0.1) is 11.0 Å². The molecule has 0 spiro atoms. The maximum absolute atomic E-state index is 13.0. The molecule has 118 valence electrons. The van der Waals surface area contributed by atoms with Crippen LogP contribution in [-0.4, -0.2) is 35.7 Å². The van der Waals surface area contributed by atoms with E-state index in [1.54, 1.807) is 0 Å². The summed E-state index contributed by atoms with van der Waals surface area (Å²) in [6.07, 6.45) is 0. The Hall–Kier alpha value is -2.56. The molecule has 1 fully saturated rings. The number of aryl methyl sites for hydroxylation is 1. The van der Waals surface area contributed by atoms with Crippen molar-refractivity contribution < 1.29 is 4.39 Å². The molecule has 1 saturated heterocycles. The number of nitrogens with zero attached hydrogens (tertiary/aromatic N) is 4. The van der Waals surface area contributed by atoms with Crippen LogP contribution in [0.25, 0.3) is 11.0 Å². The van der Waals surface area contributed by atoms with E-state index in [4.69, 9.17) is 4.98 Å². The molecule has 0 radical (unpaired) electrons. The fourth-order valence-corrected chi connectivity index (χ4v) is 3.23. The second-order valence-electron chi connectivity index (χ2n) is 5.91. The molecule has 2 heterocycles. The Bertz CT molecular complexity index is 817. The molecule has 0 bridgehead atoms. The summed E-state index contributed by atoms with van der Waals surface area (Å²) in [5.74, 6) is 0.831. The highest BCUT2D eigenvalue weighted by Gasteiger charge is 2.21. The van der Waals surface area contributed by atoms with Gasteiger partial charge >= 0.3 is 0 Å². The van der Waals surface area contributed by atoms with E-state index in [0.717, 1.165) is 48.8 Å². The molecule has 4 nitrogen and oxygen atoms in total. The minimum absolute atomic E-state index is 0.188. The number of anilines is 2. The average Bonchev–Trinajstić information content (AvgIpc) is 2.93. The first-order chi connectivity index (χ1) is 11.2. The monoisotopic (exact) mass is 310 g/mol. The van der Waals surface area contributed by atoms with E-state index in [1.807, 2.05) is 30.3 Å². The number of para-hydroxylation sites is 2. The maximum Gasteiger partial charge on any atom is 0.206 e. The lowest BCUT2D eigenvalue weighted by atomic mass is 10.2. The van der Waals surface area contributed by atoms with Crippen LogP contribution in [0.4, 0.5) is 16.0 Å². The molecule has 0 saturated carbocycles. The molecule has 23 heavy (non-hydrogen) atoms. The molecule has 0 aliphatic carbocycles. The van der Waals surface area contributed by atoms with E-state index < -0.39 is 0 Å². The van der Waals surface area contributed by atoms with Crippen LogP contribution in [0.3, 0.4) is 0 Å². The first kappa shape index (κ1) is 14.1. The van der Waals surface area contributed by atoms with E-state index in [9.17, 15) is 4.39 Å². The minimum atomic E-state index is -0.188. The first-order valence-electron chi connectivity index (χ1n) is 7.89. The van der Waals surface area contributed by atoms with Crippen LogP contribution in [0.2, 0.25) is 0 Å². The van der Waals surface area contributed by atoms with E-state index >= 15 is 0 Å². The quantitative estimate of drug-likeness (QED) is 0.727. The van der Waals surface area contributed by atoms with Crippen molar-refractivity contribution in [2.45, 2.75) is 0 Å². The lowest BCUT2D eigenvalue weighted by Gasteiger charge is -2.36. The number of halogens is 1. The van der Waals surface area contributed by atoms with Crippen molar-refractivity contribution in [2.24, 2.45) is 7.05 Å². The molecule has 3 aromatic rings. The Morgan fingerprint density at radius 1 is 0.870 bits per heavy atom. The number of piperazine rings is 1. The summed E-state index contributed by atoms with van der Waals surface area (Å²) in [5, 5.41) is 0. The summed E-state index contributed by atoms with van der Waals surface area (Å²) in [6.45, 7) is 3.65. The summed E-state index contributed by atoms with van der Waals surface area (Å²) >= 11 is 0. The van der Waals surface area contributed by atoms with Gasteiger partial charge in [0.15, 0.2) is 0 Å². The summed E-state index contributed by atoms with van der Waals surface area (Å²) < 4.78 is 15.2. The molecule has 5 heteroatoms. The maximum atomic E-state index is 13.0. The minimum Gasteiger partial charge on any atom is -0.368 e. The zero-order valence-corrected chi connectivity index (χ0v) is 13.1. The van der Waals surface area contributed by atoms with Gasteiger partial charge in [-0.3, -0.25) is 0 Å². The Kier molecular flexibility index (Phi) is 3.41. The SMILES string of the molecule is Cn1c(N2CCN(c3ccc(F)cc3)CC2)nc2ccccc21. The number of rotatable bonds is 2. The van der Waals surface area contributed by atoms with E-state index in [2.05, 4.69) is 27.5 Å². The number of imidazole rings is 1. The van der Waals surface area contributed by atoms with Crippen LogP contribution >= 0.6 is 0 Å². The van der Waals surface area contributed by atoms with Crippen molar-refractivity contribution in [3.05, 3.63) is 54.3 Å². The molecule has 0 unspecified atom stereocenters. The highest BCUT2D eigenvalue weighted by molar-refractivity contribution is 5.78. The molecule has 1 aliphatic heterocycles. The Balaban J connectivity index is 1.52. The van der Waals surface area contributed by atoms with Gasteiger partial charge in [0.1, 0.15) is 5.82 Å². The van der Waals surface area contributed by atoms with Crippen molar-refractivity contribution in [2.75, 3.05) is 36.0 Å². The number of hydrogen-bond acceptors (Lipinski definition) is 3. The summed E-state index contributed by atoms with van der Waals surface area (Å²) in [6, 6.07) is 14.9. The van der Waals surface area contributed by atoms with Crippen LogP contribution in [0.15, 0.2) is 48.5 Å². The van der Waals surface area contributed by atoms with Gasteiger partial charge in [-0.05, 0) is 36.4 Å². The second-order valence-corrected chi connectivity index (χ2v) is 5.91. The Morgan fingerprint density at radius 3 is 2.22 bits per heavy atom. The zero-order chi connectivity index (χ0) is 15.8. The van der Waals surface area contributed by atoms with Gasteiger partial charge < -0.3 is 14.4 Å². The van der Waals surface area contributed by atoms with Crippen molar-refractivity contribution in [3.63, 3.8) is 0 Å². The van der Waals surface area contributed by atoms with E-state index in [1.165, 1.54) is 12.1 Å². The van der Waals surface area contributed by atoms with Gasteiger partial charge in [0.25, 0.3) is 0 Å². The third-order valence-corrected chi connectivity index (χ3v) is 4.52. The fourth-order valence-electron chi connectivity index (χ4n) is 3.23. The van der Waals surface area contributed by atoms with Gasteiger partial charge in [-0.25, -0.2) is 9.37 Å². The van der Waals surface area contributed by atoms with Gasteiger partial charge in [-0.15, -0.1) is 0 Å². The number of aromatic nitrogens is 2. The number of benzene rings is 2. The van der Waals surface area contributed by atoms with Crippen molar-refractivity contribution in [1.82, 2.24) is 9.55 Å². The van der Waals surface area contributed by atoms with Crippen LogP contribution in [-0.2, 0) is 7.05 Å². The molecule has 4 rings (SSSR count). The van der Waals surface area contributed by atoms with Gasteiger partial charge in [0, 0.05) is 38.9 Å². The largest absolute Gasteiger partial charge is 0.368 e. The zero-order valence-electron chi connectivity index (χ0n) is 13.1. The van der Waals surface area contributed by atoms with Gasteiger partial charge in [-0.1, -0.05) is 12.1 Å². The predicted molar refractivity (Wildman–Crippen MR) is 91.5 cm³/mol. The van der Waals surface area contributed by atoms with Crippen LogP contribution in [0.1, 0.15) is 0 Å². The van der Waals surface area contributed by atoms with Gasteiger partial charge in [0.2, 0.25) is 5.95 Å². The molecule has 0 atom stereocenters. The van der Waals surface area contributed by atoms with Crippen LogP contribution in [0, 0.1) is 5.82 Å². The lowest BCUT2D eigenvalue weighted by Crippen LogP contribution is -2.47. The summed E-state index contributed by atoms with van der Waals surface area (Å²) in [5.41, 5.74) is 3.27. The smallest absolute Gasteiger partial charge is 0.206 e. The average molecular weight is 310 g/mol. The third-order valence-electron chi connectivity index (χ3n) is 4.52. The van der Waals surface area contributed by atoms with Gasteiger partial charge in [-0.2, -0.15) is 0 Å². The molecule has 1 aromatic heterocycles. The van der Waals surface area contributed by atoms with Crippen molar-refractivity contribution in [1.29, 1.82) is 0 Å². The van der Waals surface area contributed by atoms with E-state index in [0.29, 0.717) is 0 Å². The van der Waals surface area contributed by atoms with Crippen LogP contribution < -0.4 is 9.80 Å². The van der Waals surface area contributed by atoms with Crippen molar-refractivity contribution >= 4 is 22.7 Å². The summed E-state index contributed by atoms with van der Waals surface area (Å²) in [4.78, 5) is 9.38. The predicted octanol–water partition coefficient (Wildman–Crippen LogP) is 3.04. The Morgan fingerprint density at radius 2 is 1.52 bits per heavy atom. The lowest BCUT2D eigenvalue weighted by molar-refractivity contribution is 0.621. The molecule has 2 aromatic carbocycles. The highest BCUT2D eigenvalue weighted by Crippen LogP contribution is 2.23. The van der Waals surface area contributed by atoms with E-state index in [-0.39, 0.29) is 5.82 Å². The Labute approximate surface area is 134 Å².